The van der Waals surface area contributed by atoms with Crippen LogP contribution in [0.2, 0.25) is 0 Å². The highest BCUT2D eigenvalue weighted by molar-refractivity contribution is 9.10. The molecule has 2 heterocycles. The van der Waals surface area contributed by atoms with Crippen LogP contribution in [0.4, 0.5) is 0 Å². The van der Waals surface area contributed by atoms with Gasteiger partial charge >= 0.3 is 5.97 Å². The third-order valence-electron chi connectivity index (χ3n) is 5.30. The van der Waals surface area contributed by atoms with E-state index in [1.165, 1.54) is 0 Å². The molecule has 7 heteroatoms. The number of benzene rings is 1. The molecule has 0 N–H and O–H groups in total. The van der Waals surface area contributed by atoms with Gasteiger partial charge in [0.25, 0.3) is 0 Å². The molecule has 1 aliphatic rings. The van der Waals surface area contributed by atoms with Gasteiger partial charge in [-0.05, 0) is 86.6 Å². The predicted octanol–water partition coefficient (Wildman–Crippen LogP) is 5.50. The van der Waals surface area contributed by atoms with E-state index in [9.17, 15) is 10.0 Å². The fraction of sp³-hybridized carbons (Fsp3) is 0.520. The van der Waals surface area contributed by atoms with Gasteiger partial charge in [-0.3, -0.25) is 0 Å². The lowest BCUT2D eigenvalue weighted by Gasteiger charge is -2.29. The molecule has 0 saturated carbocycles. The van der Waals surface area contributed by atoms with E-state index < -0.39 is 17.7 Å². The zero-order valence-corrected chi connectivity index (χ0v) is 21.5. The van der Waals surface area contributed by atoms with Crippen LogP contribution < -0.4 is 9.47 Å². The summed E-state index contributed by atoms with van der Waals surface area (Å²) < 4.78 is 19.0. The first-order chi connectivity index (χ1) is 14.9. The predicted molar refractivity (Wildman–Crippen MR) is 127 cm³/mol. The third kappa shape index (κ3) is 5.09. The summed E-state index contributed by atoms with van der Waals surface area (Å²) in [6, 6.07) is 5.99. The van der Waals surface area contributed by atoms with Gasteiger partial charge in [0.1, 0.15) is 5.75 Å². The molecule has 1 aliphatic heterocycles. The molecule has 1 aromatic heterocycles. The Morgan fingerprint density at radius 3 is 2.53 bits per heavy atom. The highest BCUT2D eigenvalue weighted by atomic mass is 79.9. The van der Waals surface area contributed by atoms with Crippen molar-refractivity contribution in [2.75, 3.05) is 6.61 Å². The molecule has 0 fully saturated rings. The molecule has 0 bridgehead atoms. The average Bonchev–Trinajstić information content (AvgIpc) is 2.71. The summed E-state index contributed by atoms with van der Waals surface area (Å²) >= 11 is 3.64. The molecule has 0 radical (unpaired) electrons. The lowest BCUT2D eigenvalue weighted by atomic mass is 9.91. The summed E-state index contributed by atoms with van der Waals surface area (Å²) in [7, 11) is 0. The Kier molecular flexibility index (Phi) is 7.20. The normalized spacial score (nSPS) is 14.7. The summed E-state index contributed by atoms with van der Waals surface area (Å²) in [5, 5.41) is 13.0. The van der Waals surface area contributed by atoms with Crippen LogP contribution in [0.25, 0.3) is 11.1 Å². The van der Waals surface area contributed by atoms with Crippen molar-refractivity contribution in [2.45, 2.75) is 79.1 Å². The van der Waals surface area contributed by atoms with Crippen LogP contribution >= 0.6 is 15.9 Å². The number of aryl methyl sites for hydroxylation is 1. The molecule has 0 spiro atoms. The van der Waals surface area contributed by atoms with Gasteiger partial charge in [0.05, 0.1) is 28.3 Å². The first kappa shape index (κ1) is 24.5. The number of ether oxygens (including phenoxy) is 3. The molecular formula is C25H32BrNO5. The van der Waals surface area contributed by atoms with Gasteiger partial charge in [0, 0.05) is 19.4 Å². The van der Waals surface area contributed by atoms with Crippen LogP contribution in [0.3, 0.4) is 0 Å². The van der Waals surface area contributed by atoms with Crippen LogP contribution in [-0.4, -0.2) is 24.3 Å². The zero-order valence-electron chi connectivity index (χ0n) is 19.9. The molecule has 1 aromatic carbocycles. The average molecular weight is 506 g/mol. The number of hydrogen-bond donors (Lipinski definition) is 0. The fourth-order valence-corrected chi connectivity index (χ4v) is 4.53. The van der Waals surface area contributed by atoms with Gasteiger partial charge in [-0.1, -0.05) is 6.07 Å². The molecule has 3 rings (SSSR count). The summed E-state index contributed by atoms with van der Waals surface area (Å²) in [6.45, 7) is 13.4. The second kappa shape index (κ2) is 9.40. The zero-order chi connectivity index (χ0) is 23.8. The van der Waals surface area contributed by atoms with Crippen LogP contribution in [0.15, 0.2) is 22.7 Å². The molecule has 1 atom stereocenters. The number of pyridine rings is 1. The molecular weight excluding hydrogens is 474 g/mol. The number of nitrogens with zero attached hydrogens (tertiary/aromatic N) is 1. The summed E-state index contributed by atoms with van der Waals surface area (Å²) in [5.41, 5.74) is 3.55. The first-order valence-electron chi connectivity index (χ1n) is 11.0. The lowest BCUT2D eigenvalue weighted by molar-refractivity contribution is -0.620. The van der Waals surface area contributed by atoms with Gasteiger partial charge in [0.2, 0.25) is 5.69 Å². The number of hydrogen-bond acceptors (Lipinski definition) is 5. The molecule has 2 aromatic rings. The van der Waals surface area contributed by atoms with E-state index in [-0.39, 0.29) is 6.10 Å². The maximum atomic E-state index is 13.2. The van der Waals surface area contributed by atoms with Crippen molar-refractivity contribution in [2.24, 2.45) is 0 Å². The number of carbonyl (C=O) groups is 1. The van der Waals surface area contributed by atoms with E-state index in [0.29, 0.717) is 28.0 Å². The number of fused-ring (bicyclic) bond motifs is 1. The third-order valence-corrected chi connectivity index (χ3v) is 6.27. The van der Waals surface area contributed by atoms with Crippen LogP contribution in [-0.2, 0) is 20.7 Å². The Balaban J connectivity index is 2.29. The van der Waals surface area contributed by atoms with Crippen molar-refractivity contribution < 1.29 is 23.7 Å². The van der Waals surface area contributed by atoms with Crippen LogP contribution in [0, 0.1) is 19.1 Å². The number of halogens is 1. The minimum atomic E-state index is -1.06. The second-order valence-electron chi connectivity index (χ2n) is 9.44. The molecule has 0 amide bonds. The standard InChI is InChI=1S/C25H32BrNO5/c1-14(2)31-24(28)23(32-25(5,6)7)20-15(3)27(29)16(4)22(26)21(20)18-10-11-19-17(13-18)9-8-12-30-19/h10-11,13-14,23H,8-9,12H2,1-7H3. The Labute approximate surface area is 198 Å². The Morgan fingerprint density at radius 1 is 1.22 bits per heavy atom. The van der Waals surface area contributed by atoms with Crippen molar-refractivity contribution >= 4 is 21.9 Å². The van der Waals surface area contributed by atoms with E-state index in [4.69, 9.17) is 14.2 Å². The van der Waals surface area contributed by atoms with Crippen molar-refractivity contribution in [1.29, 1.82) is 0 Å². The maximum Gasteiger partial charge on any atom is 0.340 e. The van der Waals surface area contributed by atoms with Gasteiger partial charge < -0.3 is 19.4 Å². The van der Waals surface area contributed by atoms with Gasteiger partial charge in [-0.15, -0.1) is 0 Å². The number of esters is 1. The van der Waals surface area contributed by atoms with E-state index in [2.05, 4.69) is 22.0 Å². The van der Waals surface area contributed by atoms with Crippen LogP contribution in [0.5, 0.6) is 5.75 Å². The Morgan fingerprint density at radius 2 is 1.91 bits per heavy atom. The highest BCUT2D eigenvalue weighted by Gasteiger charge is 2.37. The van der Waals surface area contributed by atoms with Gasteiger partial charge in [-0.25, -0.2) is 4.79 Å². The quantitative estimate of drug-likeness (QED) is 0.304. The molecule has 32 heavy (non-hydrogen) atoms. The van der Waals surface area contributed by atoms with Gasteiger partial charge in [-0.2, -0.15) is 4.73 Å². The van der Waals surface area contributed by atoms with Crippen LogP contribution in [0.1, 0.15) is 69.7 Å². The fourth-order valence-electron chi connectivity index (χ4n) is 3.92. The number of rotatable bonds is 5. The summed E-state index contributed by atoms with van der Waals surface area (Å²) in [5.74, 6) is 0.360. The molecule has 6 nitrogen and oxygen atoms in total. The lowest BCUT2D eigenvalue weighted by Crippen LogP contribution is -2.39. The van der Waals surface area contributed by atoms with Crippen molar-refractivity contribution in [3.05, 3.63) is 50.4 Å². The number of carbonyl (C=O) groups excluding carboxylic acids is 1. The summed E-state index contributed by atoms with van der Waals surface area (Å²) in [6.07, 6.45) is 0.497. The summed E-state index contributed by atoms with van der Waals surface area (Å²) in [4.78, 5) is 13.2. The molecule has 1 unspecified atom stereocenters. The maximum absolute atomic E-state index is 13.2. The van der Waals surface area contributed by atoms with E-state index in [1.54, 1.807) is 27.7 Å². The van der Waals surface area contributed by atoms with Crippen molar-refractivity contribution in [3.8, 4) is 16.9 Å². The monoisotopic (exact) mass is 505 g/mol. The van der Waals surface area contributed by atoms with Crippen molar-refractivity contribution in [1.82, 2.24) is 0 Å². The minimum absolute atomic E-state index is 0.313. The smallest absolute Gasteiger partial charge is 0.340 e. The van der Waals surface area contributed by atoms with E-state index in [1.807, 2.05) is 32.9 Å². The SMILES string of the molecule is Cc1c(Br)c(-c2ccc3c(c2)CCCO3)c(C(OC(C)(C)C)C(=O)OC(C)C)c(C)[n+]1[O-]. The molecule has 0 aliphatic carbocycles. The minimum Gasteiger partial charge on any atom is -0.618 e. The van der Waals surface area contributed by atoms with E-state index >= 15 is 0 Å². The van der Waals surface area contributed by atoms with Gasteiger partial charge in [0.15, 0.2) is 11.8 Å². The van der Waals surface area contributed by atoms with Crippen molar-refractivity contribution in [3.63, 3.8) is 0 Å². The Bertz CT molecular complexity index is 1030. The first-order valence-corrected chi connectivity index (χ1v) is 11.8. The molecule has 174 valence electrons. The van der Waals surface area contributed by atoms with E-state index in [0.717, 1.165) is 40.0 Å². The second-order valence-corrected chi connectivity index (χ2v) is 10.2. The highest BCUT2D eigenvalue weighted by Crippen LogP contribution is 2.42. The molecule has 0 saturated heterocycles. The number of aromatic nitrogens is 1. The largest absolute Gasteiger partial charge is 0.618 e. The topological polar surface area (TPSA) is 71.7 Å². The Hall–Kier alpha value is -2.12.